The van der Waals surface area contributed by atoms with Crippen LogP contribution in [0, 0.1) is 0 Å². The number of esters is 1. The Labute approximate surface area is 175 Å². The summed E-state index contributed by atoms with van der Waals surface area (Å²) >= 11 is 0. The van der Waals surface area contributed by atoms with Crippen molar-refractivity contribution in [1.82, 2.24) is 4.31 Å². The van der Waals surface area contributed by atoms with Gasteiger partial charge in [0.25, 0.3) is 5.91 Å². The van der Waals surface area contributed by atoms with E-state index in [9.17, 15) is 22.8 Å². The molecule has 2 amide bonds. The summed E-state index contributed by atoms with van der Waals surface area (Å²) in [7, 11) is -0.791. The molecule has 2 rings (SSSR count). The van der Waals surface area contributed by atoms with Gasteiger partial charge in [-0.05, 0) is 55.5 Å². The SMILES string of the molecule is CC(=O)Nc1ccc(NC(=O)[C@H](C)OC(=O)c2ccc(S(=O)(=O)N(C)C)cc2)cc1. The Morgan fingerprint density at radius 2 is 1.40 bits per heavy atom. The highest BCUT2D eigenvalue weighted by Gasteiger charge is 2.21. The molecule has 0 aliphatic rings. The Morgan fingerprint density at radius 3 is 1.87 bits per heavy atom. The molecule has 2 aromatic carbocycles. The van der Waals surface area contributed by atoms with Crippen LogP contribution in [0.25, 0.3) is 0 Å². The number of amides is 2. The summed E-state index contributed by atoms with van der Waals surface area (Å²) in [5.41, 5.74) is 1.17. The fourth-order valence-corrected chi connectivity index (χ4v) is 3.24. The molecule has 2 N–H and O–H groups in total. The minimum absolute atomic E-state index is 0.0394. The van der Waals surface area contributed by atoms with Gasteiger partial charge in [0.1, 0.15) is 0 Å². The van der Waals surface area contributed by atoms with Gasteiger partial charge in [0, 0.05) is 32.4 Å². The predicted molar refractivity (Wildman–Crippen MR) is 112 cm³/mol. The first-order valence-corrected chi connectivity index (χ1v) is 10.4. The number of carbonyl (C=O) groups excluding carboxylic acids is 3. The molecular weight excluding hydrogens is 410 g/mol. The summed E-state index contributed by atoms with van der Waals surface area (Å²) in [6.45, 7) is 2.81. The highest BCUT2D eigenvalue weighted by atomic mass is 32.2. The maximum Gasteiger partial charge on any atom is 0.338 e. The lowest BCUT2D eigenvalue weighted by Gasteiger charge is -2.14. The Morgan fingerprint density at radius 1 is 0.900 bits per heavy atom. The highest BCUT2D eigenvalue weighted by molar-refractivity contribution is 7.89. The Bertz CT molecular complexity index is 1030. The molecule has 0 unspecified atom stereocenters. The fourth-order valence-electron chi connectivity index (χ4n) is 2.34. The molecule has 1 atom stereocenters. The predicted octanol–water partition coefficient (Wildman–Crippen LogP) is 2.08. The summed E-state index contributed by atoms with van der Waals surface area (Å²) < 4.78 is 30.3. The molecule has 30 heavy (non-hydrogen) atoms. The topological polar surface area (TPSA) is 122 Å². The van der Waals surface area contributed by atoms with E-state index >= 15 is 0 Å². The van der Waals surface area contributed by atoms with Gasteiger partial charge in [0.05, 0.1) is 10.5 Å². The summed E-state index contributed by atoms with van der Waals surface area (Å²) in [5, 5.41) is 5.22. The van der Waals surface area contributed by atoms with Crippen molar-refractivity contribution in [1.29, 1.82) is 0 Å². The van der Waals surface area contributed by atoms with Crippen LogP contribution in [-0.4, -0.2) is 50.7 Å². The minimum atomic E-state index is -3.61. The van der Waals surface area contributed by atoms with Gasteiger partial charge in [-0.3, -0.25) is 9.59 Å². The first-order chi connectivity index (χ1) is 14.0. The minimum Gasteiger partial charge on any atom is -0.449 e. The Hall–Kier alpha value is -3.24. The fraction of sp³-hybridized carbons (Fsp3) is 0.250. The van der Waals surface area contributed by atoms with Crippen molar-refractivity contribution >= 4 is 39.2 Å². The second-order valence-electron chi connectivity index (χ2n) is 6.61. The number of anilines is 2. The molecule has 0 spiro atoms. The van der Waals surface area contributed by atoms with Gasteiger partial charge in [-0.2, -0.15) is 0 Å². The van der Waals surface area contributed by atoms with E-state index in [0.717, 1.165) is 4.31 Å². The average molecular weight is 433 g/mol. The van der Waals surface area contributed by atoms with Crippen LogP contribution in [0.3, 0.4) is 0 Å². The lowest BCUT2D eigenvalue weighted by molar-refractivity contribution is -0.123. The molecule has 160 valence electrons. The van der Waals surface area contributed by atoms with E-state index in [1.807, 2.05) is 0 Å². The molecule has 0 bridgehead atoms. The van der Waals surface area contributed by atoms with Crippen LogP contribution in [0.15, 0.2) is 53.4 Å². The van der Waals surface area contributed by atoms with E-state index in [4.69, 9.17) is 4.74 Å². The van der Waals surface area contributed by atoms with E-state index in [2.05, 4.69) is 10.6 Å². The monoisotopic (exact) mass is 433 g/mol. The summed E-state index contributed by atoms with van der Waals surface area (Å²) in [6, 6.07) is 11.7. The molecule has 0 aliphatic heterocycles. The van der Waals surface area contributed by atoms with Crippen molar-refractivity contribution in [3.05, 3.63) is 54.1 Å². The number of sulfonamides is 1. The van der Waals surface area contributed by atoms with Gasteiger partial charge >= 0.3 is 5.97 Å². The number of nitrogens with one attached hydrogen (secondary N) is 2. The second-order valence-corrected chi connectivity index (χ2v) is 8.76. The third-order valence-corrected chi connectivity index (χ3v) is 5.82. The summed E-state index contributed by atoms with van der Waals surface area (Å²) in [4.78, 5) is 35.6. The molecule has 10 heteroatoms. The van der Waals surface area contributed by atoms with E-state index < -0.39 is 28.0 Å². The average Bonchev–Trinajstić information content (AvgIpc) is 2.68. The van der Waals surface area contributed by atoms with Crippen LogP contribution in [0.4, 0.5) is 11.4 Å². The number of rotatable bonds is 7. The molecule has 0 saturated carbocycles. The number of hydrogen-bond acceptors (Lipinski definition) is 6. The van der Waals surface area contributed by atoms with Crippen molar-refractivity contribution in [3.8, 4) is 0 Å². The Balaban J connectivity index is 1.98. The first-order valence-electron chi connectivity index (χ1n) is 8.93. The summed E-state index contributed by atoms with van der Waals surface area (Å²) in [6.07, 6.45) is -1.09. The van der Waals surface area contributed by atoms with Gasteiger partial charge in [-0.1, -0.05) is 0 Å². The number of benzene rings is 2. The van der Waals surface area contributed by atoms with Crippen molar-refractivity contribution in [2.45, 2.75) is 24.8 Å². The number of ether oxygens (including phenoxy) is 1. The second kappa shape index (κ2) is 9.51. The standard InChI is InChI=1S/C20H23N3O6S/c1-13(19(25)22-17-9-7-16(8-10-17)21-14(2)24)29-20(26)15-5-11-18(12-6-15)30(27,28)23(3)4/h5-13H,1-4H3,(H,21,24)(H,22,25)/t13-/m0/s1. The molecule has 2 aromatic rings. The maximum atomic E-state index is 12.3. The van der Waals surface area contributed by atoms with E-state index in [0.29, 0.717) is 11.4 Å². The highest BCUT2D eigenvalue weighted by Crippen LogP contribution is 2.16. The van der Waals surface area contributed by atoms with Crippen molar-refractivity contribution in [2.75, 3.05) is 24.7 Å². The van der Waals surface area contributed by atoms with Crippen LogP contribution in [-0.2, 0) is 24.3 Å². The van der Waals surface area contributed by atoms with Crippen molar-refractivity contribution in [3.63, 3.8) is 0 Å². The zero-order valence-electron chi connectivity index (χ0n) is 17.0. The van der Waals surface area contributed by atoms with Crippen LogP contribution < -0.4 is 10.6 Å². The summed E-state index contributed by atoms with van der Waals surface area (Å²) in [5.74, 6) is -1.51. The Kier molecular flexibility index (Phi) is 7.30. The number of carbonyl (C=O) groups is 3. The van der Waals surface area contributed by atoms with Gasteiger partial charge in [-0.25, -0.2) is 17.5 Å². The molecule has 0 fully saturated rings. The molecular formula is C20H23N3O6S. The molecule has 9 nitrogen and oxygen atoms in total. The lowest BCUT2D eigenvalue weighted by atomic mass is 10.2. The van der Waals surface area contributed by atoms with Crippen LogP contribution in [0.1, 0.15) is 24.2 Å². The molecule has 0 aromatic heterocycles. The number of nitrogens with zero attached hydrogens (tertiary/aromatic N) is 1. The molecule has 0 heterocycles. The zero-order valence-corrected chi connectivity index (χ0v) is 17.8. The van der Waals surface area contributed by atoms with Gasteiger partial charge in [0.2, 0.25) is 15.9 Å². The van der Waals surface area contributed by atoms with E-state index in [1.54, 1.807) is 24.3 Å². The van der Waals surface area contributed by atoms with Gasteiger partial charge < -0.3 is 15.4 Å². The van der Waals surface area contributed by atoms with Gasteiger partial charge in [-0.15, -0.1) is 0 Å². The third kappa shape index (κ3) is 5.88. The van der Waals surface area contributed by atoms with Crippen LogP contribution in [0.5, 0.6) is 0 Å². The largest absolute Gasteiger partial charge is 0.449 e. The number of hydrogen-bond donors (Lipinski definition) is 2. The molecule has 0 radical (unpaired) electrons. The molecule has 0 aliphatic carbocycles. The van der Waals surface area contributed by atoms with Crippen LogP contribution >= 0.6 is 0 Å². The van der Waals surface area contributed by atoms with Gasteiger partial charge in [0.15, 0.2) is 6.10 Å². The quantitative estimate of drug-likeness (QED) is 0.645. The normalized spacial score (nSPS) is 12.2. The van der Waals surface area contributed by atoms with Crippen LogP contribution in [0.2, 0.25) is 0 Å². The van der Waals surface area contributed by atoms with Crippen molar-refractivity contribution in [2.24, 2.45) is 0 Å². The first kappa shape index (κ1) is 23.0. The lowest BCUT2D eigenvalue weighted by Crippen LogP contribution is -2.30. The smallest absolute Gasteiger partial charge is 0.338 e. The van der Waals surface area contributed by atoms with E-state index in [1.165, 1.54) is 52.2 Å². The maximum absolute atomic E-state index is 12.3. The molecule has 0 saturated heterocycles. The third-order valence-electron chi connectivity index (χ3n) is 3.99. The zero-order chi connectivity index (χ0) is 22.5. The van der Waals surface area contributed by atoms with Crippen molar-refractivity contribution < 1.29 is 27.5 Å². The van der Waals surface area contributed by atoms with E-state index in [-0.39, 0.29) is 16.4 Å².